The maximum absolute atomic E-state index is 15.1. The van der Waals surface area contributed by atoms with E-state index < -0.39 is 77.1 Å². The molecule has 0 aliphatic carbocycles. The molecule has 3 aliphatic heterocycles. The van der Waals surface area contributed by atoms with Crippen molar-refractivity contribution in [1.29, 1.82) is 5.26 Å². The molecule has 0 spiro atoms. The number of halogens is 5. The van der Waals surface area contributed by atoms with Crippen LogP contribution in [0.1, 0.15) is 47.0 Å². The van der Waals surface area contributed by atoms with Gasteiger partial charge in [0, 0.05) is 17.9 Å². The molecule has 39 heavy (non-hydrogen) atoms. The van der Waals surface area contributed by atoms with Crippen LogP contribution >= 0.6 is 0 Å². The molecule has 0 aromatic heterocycles. The summed E-state index contributed by atoms with van der Waals surface area (Å²) in [5.74, 6) is -10.2. The molecule has 0 aromatic rings. The van der Waals surface area contributed by atoms with Gasteiger partial charge in [0.1, 0.15) is 18.1 Å². The Bertz CT molecular complexity index is 1080. The molecule has 3 heterocycles. The number of rotatable bonds is 2. The number of nitrogens with one attached hydrogen (secondary N) is 3. The minimum Gasteiger partial charge on any atom is -0.347 e. The minimum atomic E-state index is -5.37. The zero-order valence-electron chi connectivity index (χ0n) is 21.9. The van der Waals surface area contributed by atoms with Crippen LogP contribution in [0.15, 0.2) is 12.2 Å². The average molecular weight is 562 g/mol. The highest BCUT2D eigenvalue weighted by atomic mass is 19.4. The van der Waals surface area contributed by atoms with Crippen molar-refractivity contribution in [3.63, 3.8) is 0 Å². The Morgan fingerprint density at radius 2 is 1.77 bits per heavy atom. The lowest BCUT2D eigenvalue weighted by atomic mass is 9.81. The molecule has 0 aromatic carbocycles. The van der Waals surface area contributed by atoms with E-state index in [1.54, 1.807) is 19.2 Å². The number of hydrogen-bond donors (Lipinski definition) is 3. The molecule has 3 N–H and O–H groups in total. The second kappa shape index (κ2) is 10.7. The first-order chi connectivity index (χ1) is 17.9. The molecule has 0 radical (unpaired) electrons. The SMILES string of the molecule is CC(C)[C@H]1CCN2C(=O)[C@@H](NC(=O)C(F)(F)F)C(C)(C)/C=C\C(F)(F)[C@@H]3C[C@@H](C[C@@H](C#N)NC(=O)[C@H]12)C(=O)N3. The average Bonchev–Trinajstić information content (AvgIpc) is 3.43. The fraction of sp³-hybridized carbons (Fsp3) is 0.720. The third kappa shape index (κ3) is 6.33. The number of fused-ring (bicyclic) bond motifs is 3. The predicted octanol–water partition coefficient (Wildman–Crippen LogP) is 2.04. The van der Waals surface area contributed by atoms with Gasteiger partial charge < -0.3 is 20.9 Å². The van der Waals surface area contributed by atoms with E-state index in [2.05, 4.69) is 10.6 Å². The van der Waals surface area contributed by atoms with Crippen LogP contribution in [0, 0.1) is 34.5 Å². The fourth-order valence-electron chi connectivity index (χ4n) is 5.46. The van der Waals surface area contributed by atoms with Crippen LogP contribution in [-0.4, -0.2) is 71.3 Å². The number of nitriles is 1. The molecule has 4 amide bonds. The minimum absolute atomic E-state index is 0.0432. The van der Waals surface area contributed by atoms with Crippen LogP contribution in [0.3, 0.4) is 0 Å². The van der Waals surface area contributed by atoms with Crippen LogP contribution in [0.5, 0.6) is 0 Å². The number of amides is 4. The summed E-state index contributed by atoms with van der Waals surface area (Å²) in [6.07, 6.45) is -4.42. The van der Waals surface area contributed by atoms with E-state index in [1.807, 2.05) is 6.07 Å². The molecule has 0 unspecified atom stereocenters. The summed E-state index contributed by atoms with van der Waals surface area (Å²) in [4.78, 5) is 52.6. The Labute approximate surface area is 222 Å². The number of hydrogen-bond acceptors (Lipinski definition) is 5. The molecule has 2 fully saturated rings. The van der Waals surface area contributed by atoms with Crippen molar-refractivity contribution < 1.29 is 41.1 Å². The normalized spacial score (nSPS) is 33.8. The van der Waals surface area contributed by atoms with Gasteiger partial charge in [0.05, 0.1) is 12.1 Å². The van der Waals surface area contributed by atoms with Gasteiger partial charge in [-0.1, -0.05) is 33.8 Å². The Morgan fingerprint density at radius 1 is 1.13 bits per heavy atom. The monoisotopic (exact) mass is 561 g/mol. The molecule has 14 heteroatoms. The lowest BCUT2D eigenvalue weighted by Gasteiger charge is -2.37. The van der Waals surface area contributed by atoms with Crippen molar-refractivity contribution in [3.8, 4) is 6.07 Å². The topological polar surface area (TPSA) is 131 Å². The fourth-order valence-corrected chi connectivity index (χ4v) is 5.46. The standard InChI is InChI=1S/C25H32F5N5O4/c1-12(2)15-5-8-35-17(15)20(37)32-14(11-31)9-13-10-16(33-19(13)36)24(26,27)7-6-23(3,4)18(21(35)38)34-22(39)25(28,29)30/h6-7,12-18H,5,8-10H2,1-4H3,(H,32,37)(H,33,36)(H,34,39)/b7-6-/t13-,14+,15-,16+,17+,18-/m1/s1. The van der Waals surface area contributed by atoms with Gasteiger partial charge in [0.2, 0.25) is 17.7 Å². The molecule has 216 valence electrons. The summed E-state index contributed by atoms with van der Waals surface area (Å²) in [6.45, 7) is 5.97. The summed E-state index contributed by atoms with van der Waals surface area (Å²) in [7, 11) is 0. The van der Waals surface area contributed by atoms with Crippen molar-refractivity contribution in [1.82, 2.24) is 20.9 Å². The highest BCUT2D eigenvalue weighted by Crippen LogP contribution is 2.37. The van der Waals surface area contributed by atoms with E-state index in [0.29, 0.717) is 12.5 Å². The smallest absolute Gasteiger partial charge is 0.347 e. The second-order valence-electron chi connectivity index (χ2n) is 11.3. The highest BCUT2D eigenvalue weighted by molar-refractivity contribution is 5.94. The first-order valence-electron chi connectivity index (χ1n) is 12.7. The quantitative estimate of drug-likeness (QED) is 0.351. The van der Waals surface area contributed by atoms with E-state index in [4.69, 9.17) is 0 Å². The van der Waals surface area contributed by atoms with Gasteiger partial charge in [-0.25, -0.2) is 0 Å². The van der Waals surface area contributed by atoms with Crippen LogP contribution < -0.4 is 16.0 Å². The van der Waals surface area contributed by atoms with Gasteiger partial charge in [-0.3, -0.25) is 19.2 Å². The first-order valence-corrected chi connectivity index (χ1v) is 12.7. The van der Waals surface area contributed by atoms with Gasteiger partial charge >= 0.3 is 12.1 Å². The number of carbonyl (C=O) groups excluding carboxylic acids is 4. The molecular formula is C25H32F5N5O4. The Balaban J connectivity index is 2.14. The summed E-state index contributed by atoms with van der Waals surface area (Å²) in [6, 6.07) is -4.25. The Hall–Kier alpha value is -3.24. The summed E-state index contributed by atoms with van der Waals surface area (Å²) in [5.41, 5.74) is -1.78. The third-order valence-corrected chi connectivity index (χ3v) is 7.78. The predicted molar refractivity (Wildman–Crippen MR) is 126 cm³/mol. The second-order valence-corrected chi connectivity index (χ2v) is 11.3. The van der Waals surface area contributed by atoms with E-state index >= 15 is 8.78 Å². The maximum Gasteiger partial charge on any atom is 0.471 e. The largest absolute Gasteiger partial charge is 0.471 e. The van der Waals surface area contributed by atoms with Crippen molar-refractivity contribution in [2.45, 2.75) is 83.2 Å². The van der Waals surface area contributed by atoms with Crippen molar-refractivity contribution in [2.75, 3.05) is 6.54 Å². The molecule has 3 rings (SSSR count). The van der Waals surface area contributed by atoms with Gasteiger partial charge in [-0.05, 0) is 37.2 Å². The Morgan fingerprint density at radius 3 is 2.33 bits per heavy atom. The van der Waals surface area contributed by atoms with Crippen molar-refractivity contribution in [3.05, 3.63) is 12.2 Å². The van der Waals surface area contributed by atoms with Crippen molar-refractivity contribution >= 4 is 23.6 Å². The molecular weight excluding hydrogens is 529 g/mol. The maximum atomic E-state index is 15.1. The van der Waals surface area contributed by atoms with Crippen molar-refractivity contribution in [2.24, 2.45) is 23.2 Å². The first kappa shape index (κ1) is 30.3. The van der Waals surface area contributed by atoms with E-state index in [1.165, 1.54) is 13.8 Å². The van der Waals surface area contributed by atoms with Gasteiger partial charge in [-0.2, -0.15) is 27.2 Å². The molecule has 3 aliphatic rings. The van der Waals surface area contributed by atoms with Gasteiger partial charge in [0.25, 0.3) is 5.92 Å². The summed E-state index contributed by atoms with van der Waals surface area (Å²) < 4.78 is 69.9. The number of nitrogens with zero attached hydrogens (tertiary/aromatic N) is 2. The molecule has 2 saturated heterocycles. The van der Waals surface area contributed by atoms with Gasteiger partial charge in [0.15, 0.2) is 0 Å². The highest BCUT2D eigenvalue weighted by Gasteiger charge is 2.52. The third-order valence-electron chi connectivity index (χ3n) is 7.78. The number of alkyl halides is 5. The van der Waals surface area contributed by atoms with Crippen LogP contribution in [0.25, 0.3) is 0 Å². The lowest BCUT2D eigenvalue weighted by Crippen LogP contribution is -2.60. The van der Waals surface area contributed by atoms with E-state index in [-0.39, 0.29) is 25.3 Å². The zero-order valence-corrected chi connectivity index (χ0v) is 21.9. The molecule has 9 nitrogen and oxygen atoms in total. The molecule has 0 saturated carbocycles. The number of carbonyl (C=O) groups is 4. The molecule has 6 atom stereocenters. The van der Waals surface area contributed by atoms with Crippen LogP contribution in [-0.2, 0) is 19.2 Å². The van der Waals surface area contributed by atoms with Gasteiger partial charge in [-0.15, -0.1) is 0 Å². The Kier molecular flexibility index (Phi) is 8.34. The summed E-state index contributed by atoms with van der Waals surface area (Å²) >= 11 is 0. The zero-order chi connectivity index (χ0) is 29.5. The lowest BCUT2D eigenvalue weighted by molar-refractivity contribution is -0.176. The summed E-state index contributed by atoms with van der Waals surface area (Å²) in [5, 5.41) is 16.0. The van der Waals surface area contributed by atoms with Crippen LogP contribution in [0.2, 0.25) is 0 Å². The van der Waals surface area contributed by atoms with E-state index in [0.717, 1.165) is 11.0 Å². The van der Waals surface area contributed by atoms with E-state index in [9.17, 15) is 37.6 Å². The van der Waals surface area contributed by atoms with Crippen LogP contribution in [0.4, 0.5) is 22.0 Å². The molecule has 2 bridgehead atoms.